The van der Waals surface area contributed by atoms with Gasteiger partial charge in [-0.2, -0.15) is 4.31 Å². The van der Waals surface area contributed by atoms with E-state index < -0.39 is 20.0 Å². The molecule has 8 nitrogen and oxygen atoms in total. The molecule has 1 heterocycles. The van der Waals surface area contributed by atoms with Crippen molar-refractivity contribution in [3.63, 3.8) is 0 Å². The molecule has 1 aliphatic rings. The Labute approximate surface area is 142 Å². The molecule has 10 heteroatoms. The zero-order valence-corrected chi connectivity index (χ0v) is 15.2. The summed E-state index contributed by atoms with van der Waals surface area (Å²) in [5.41, 5.74) is 0.814. The minimum Gasteiger partial charge on any atom is -0.336 e. The first-order chi connectivity index (χ1) is 11.1. The van der Waals surface area contributed by atoms with Gasteiger partial charge in [0.1, 0.15) is 0 Å². The Morgan fingerprint density at radius 1 is 1.04 bits per heavy atom. The van der Waals surface area contributed by atoms with Crippen molar-refractivity contribution in [2.24, 2.45) is 0 Å². The van der Waals surface area contributed by atoms with Gasteiger partial charge in [0.25, 0.3) is 5.91 Å². The maximum atomic E-state index is 12.4. The molecule has 0 spiro atoms. The maximum Gasteiger partial charge on any atom is 0.253 e. The van der Waals surface area contributed by atoms with E-state index in [1.54, 1.807) is 24.0 Å². The van der Waals surface area contributed by atoms with Crippen molar-refractivity contribution in [1.29, 1.82) is 0 Å². The molecule has 1 aromatic carbocycles. The monoisotopic (exact) mass is 375 g/mol. The van der Waals surface area contributed by atoms with Crippen LogP contribution in [-0.4, -0.2) is 70.1 Å². The number of piperazine rings is 1. The molecule has 0 bridgehead atoms. The van der Waals surface area contributed by atoms with Crippen LogP contribution >= 0.6 is 0 Å². The summed E-state index contributed by atoms with van der Waals surface area (Å²) in [6.07, 6.45) is 1.05. The number of rotatable bonds is 5. The normalized spacial score (nSPS) is 16.8. The number of benzene rings is 1. The fraction of sp³-hybridized carbons (Fsp3) is 0.500. The fourth-order valence-electron chi connectivity index (χ4n) is 2.43. The first kappa shape index (κ1) is 18.7. The largest absolute Gasteiger partial charge is 0.336 e. The lowest BCUT2D eigenvalue weighted by Gasteiger charge is -2.33. The standard InChI is InChI=1S/C14H21N3O5S2/c1-3-24(21,22)17-10-8-16(9-11-17)14(18)12-4-6-13(7-5-12)15-23(2,19)20/h4-7,15H,3,8-11H2,1-2H3. The smallest absolute Gasteiger partial charge is 0.253 e. The summed E-state index contributed by atoms with van der Waals surface area (Å²) in [6, 6.07) is 6.13. The summed E-state index contributed by atoms with van der Waals surface area (Å²) in [6.45, 7) is 2.84. The third-order valence-corrected chi connectivity index (χ3v) is 6.21. The van der Waals surface area contributed by atoms with Crippen molar-refractivity contribution in [3.8, 4) is 0 Å². The molecule has 0 radical (unpaired) electrons. The fourth-order valence-corrected chi connectivity index (χ4v) is 4.08. The second kappa shape index (κ2) is 7.08. The molecule has 2 rings (SSSR count). The van der Waals surface area contributed by atoms with Gasteiger partial charge >= 0.3 is 0 Å². The van der Waals surface area contributed by atoms with Crippen molar-refractivity contribution in [3.05, 3.63) is 29.8 Å². The van der Waals surface area contributed by atoms with Gasteiger partial charge in [0.2, 0.25) is 20.0 Å². The van der Waals surface area contributed by atoms with Gasteiger partial charge in [-0.15, -0.1) is 0 Å². The van der Waals surface area contributed by atoms with E-state index >= 15 is 0 Å². The number of hydrogen-bond donors (Lipinski definition) is 1. The van der Waals surface area contributed by atoms with Crippen LogP contribution in [0, 0.1) is 0 Å². The Morgan fingerprint density at radius 2 is 1.58 bits per heavy atom. The lowest BCUT2D eigenvalue weighted by Crippen LogP contribution is -2.50. The molecule has 0 saturated carbocycles. The van der Waals surface area contributed by atoms with E-state index in [-0.39, 0.29) is 24.7 Å². The van der Waals surface area contributed by atoms with Crippen molar-refractivity contribution < 1.29 is 21.6 Å². The minimum atomic E-state index is -3.36. The molecule has 0 aliphatic carbocycles. The van der Waals surface area contributed by atoms with Crippen LogP contribution in [0.2, 0.25) is 0 Å². The number of nitrogens with one attached hydrogen (secondary N) is 1. The van der Waals surface area contributed by atoms with Crippen LogP contribution in [0.1, 0.15) is 17.3 Å². The molecule has 0 unspecified atom stereocenters. The van der Waals surface area contributed by atoms with Gasteiger partial charge in [-0.25, -0.2) is 16.8 Å². The molecule has 1 amide bonds. The summed E-state index contributed by atoms with van der Waals surface area (Å²) >= 11 is 0. The molecule has 24 heavy (non-hydrogen) atoms. The molecule has 1 saturated heterocycles. The maximum absolute atomic E-state index is 12.4. The SMILES string of the molecule is CCS(=O)(=O)N1CCN(C(=O)c2ccc(NS(C)(=O)=O)cc2)CC1. The van der Waals surface area contributed by atoms with E-state index in [2.05, 4.69) is 4.72 Å². The molecule has 134 valence electrons. The molecule has 0 atom stereocenters. The van der Waals surface area contributed by atoms with Crippen molar-refractivity contribution in [1.82, 2.24) is 9.21 Å². The molecule has 1 N–H and O–H groups in total. The van der Waals surface area contributed by atoms with Crippen molar-refractivity contribution in [2.75, 3.05) is 42.9 Å². The van der Waals surface area contributed by atoms with Gasteiger partial charge in [0, 0.05) is 37.4 Å². The number of nitrogens with zero attached hydrogens (tertiary/aromatic N) is 2. The number of hydrogen-bond acceptors (Lipinski definition) is 5. The highest BCUT2D eigenvalue weighted by Crippen LogP contribution is 2.15. The molecule has 1 fully saturated rings. The van der Waals surface area contributed by atoms with E-state index in [1.165, 1.54) is 16.4 Å². The van der Waals surface area contributed by atoms with Crippen molar-refractivity contribution >= 4 is 31.6 Å². The van der Waals surface area contributed by atoms with Crippen LogP contribution in [0.25, 0.3) is 0 Å². The van der Waals surface area contributed by atoms with E-state index in [0.29, 0.717) is 24.3 Å². The highest BCUT2D eigenvalue weighted by atomic mass is 32.2. The summed E-state index contributed by atoms with van der Waals surface area (Å²) in [4.78, 5) is 14.0. The van der Waals surface area contributed by atoms with E-state index in [9.17, 15) is 21.6 Å². The number of amides is 1. The topological polar surface area (TPSA) is 104 Å². The number of anilines is 1. The molecular formula is C14H21N3O5S2. The van der Waals surface area contributed by atoms with E-state index in [1.807, 2.05) is 0 Å². The highest BCUT2D eigenvalue weighted by Gasteiger charge is 2.28. The second-order valence-corrected chi connectivity index (χ2v) is 9.55. The lowest BCUT2D eigenvalue weighted by molar-refractivity contribution is 0.0698. The summed E-state index contributed by atoms with van der Waals surface area (Å²) in [7, 11) is -6.59. The minimum absolute atomic E-state index is 0.0513. The Kier molecular flexibility index (Phi) is 5.51. The quantitative estimate of drug-likeness (QED) is 0.790. The Hall–Kier alpha value is -1.65. The predicted molar refractivity (Wildman–Crippen MR) is 91.8 cm³/mol. The first-order valence-corrected chi connectivity index (χ1v) is 11.0. The van der Waals surface area contributed by atoms with E-state index in [4.69, 9.17) is 0 Å². The van der Waals surface area contributed by atoms with Crippen LogP contribution in [0.4, 0.5) is 5.69 Å². The summed E-state index contributed by atoms with van der Waals surface area (Å²) in [5, 5.41) is 0. The molecule has 0 aromatic heterocycles. The molecular weight excluding hydrogens is 354 g/mol. The first-order valence-electron chi connectivity index (χ1n) is 7.47. The zero-order valence-electron chi connectivity index (χ0n) is 13.6. The Balaban J connectivity index is 2.01. The van der Waals surface area contributed by atoms with Gasteiger partial charge in [-0.05, 0) is 31.2 Å². The molecule has 1 aromatic rings. The molecule has 1 aliphatic heterocycles. The van der Waals surface area contributed by atoms with Crippen LogP contribution in [-0.2, 0) is 20.0 Å². The lowest BCUT2D eigenvalue weighted by atomic mass is 10.1. The Bertz CT molecular complexity index is 795. The Morgan fingerprint density at radius 3 is 2.04 bits per heavy atom. The number of sulfonamides is 2. The predicted octanol–water partition coefficient (Wildman–Crippen LogP) is 0.166. The van der Waals surface area contributed by atoms with Crippen LogP contribution in [0.5, 0.6) is 0 Å². The van der Waals surface area contributed by atoms with Gasteiger partial charge < -0.3 is 4.90 Å². The number of carbonyl (C=O) groups excluding carboxylic acids is 1. The van der Waals surface area contributed by atoms with Gasteiger partial charge in [-0.1, -0.05) is 0 Å². The van der Waals surface area contributed by atoms with E-state index in [0.717, 1.165) is 6.26 Å². The van der Waals surface area contributed by atoms with Crippen LogP contribution in [0.3, 0.4) is 0 Å². The highest BCUT2D eigenvalue weighted by molar-refractivity contribution is 7.92. The van der Waals surface area contributed by atoms with Crippen LogP contribution in [0.15, 0.2) is 24.3 Å². The second-order valence-electron chi connectivity index (χ2n) is 5.54. The van der Waals surface area contributed by atoms with Crippen LogP contribution < -0.4 is 4.72 Å². The average Bonchev–Trinajstić information content (AvgIpc) is 2.53. The zero-order chi connectivity index (χ0) is 18.0. The third kappa shape index (κ3) is 4.68. The van der Waals surface area contributed by atoms with Gasteiger partial charge in [0.05, 0.1) is 12.0 Å². The summed E-state index contributed by atoms with van der Waals surface area (Å²) in [5.74, 6) is -0.148. The number of carbonyl (C=O) groups is 1. The third-order valence-electron chi connectivity index (χ3n) is 3.72. The van der Waals surface area contributed by atoms with Crippen molar-refractivity contribution in [2.45, 2.75) is 6.92 Å². The summed E-state index contributed by atoms with van der Waals surface area (Å²) < 4.78 is 49.7. The van der Waals surface area contributed by atoms with Gasteiger partial charge in [-0.3, -0.25) is 9.52 Å². The average molecular weight is 375 g/mol. The van der Waals surface area contributed by atoms with Gasteiger partial charge in [0.15, 0.2) is 0 Å².